The molecule has 35 heavy (non-hydrogen) atoms. The highest BCUT2D eigenvalue weighted by Gasteiger charge is 2.28. The van der Waals surface area contributed by atoms with E-state index in [-0.39, 0.29) is 23.1 Å². The summed E-state index contributed by atoms with van der Waals surface area (Å²) in [5.74, 6) is 0.732. The van der Waals surface area contributed by atoms with Crippen molar-refractivity contribution in [1.82, 2.24) is 14.9 Å². The van der Waals surface area contributed by atoms with Crippen molar-refractivity contribution in [2.75, 3.05) is 7.11 Å². The largest absolute Gasteiger partial charge is 0.497 e. The first kappa shape index (κ1) is 23.0. The first-order valence-electron chi connectivity index (χ1n) is 11.0. The molecular weight excluding hydrogens is 464 g/mol. The molecule has 9 heteroatoms. The molecule has 0 spiro atoms. The summed E-state index contributed by atoms with van der Waals surface area (Å²) in [5.41, 5.74) is 4.31. The predicted octanol–water partition coefficient (Wildman–Crippen LogP) is 3.61. The van der Waals surface area contributed by atoms with Crippen molar-refractivity contribution in [3.05, 3.63) is 96.1 Å². The average molecular weight is 489 g/mol. The van der Waals surface area contributed by atoms with Gasteiger partial charge < -0.3 is 10.1 Å². The molecule has 3 N–H and O–H groups in total. The van der Waals surface area contributed by atoms with Crippen LogP contribution in [0.4, 0.5) is 0 Å². The van der Waals surface area contributed by atoms with Gasteiger partial charge in [-0.25, -0.2) is 18.5 Å². The van der Waals surface area contributed by atoms with Crippen LogP contribution in [0.15, 0.2) is 84.0 Å². The number of benzene rings is 3. The maximum Gasteiger partial charge on any atom is 0.238 e. The lowest BCUT2D eigenvalue weighted by Crippen LogP contribution is -2.20. The number of Topliss-reactive ketones (excluding diaryl/α,β-unsaturated/α-hetero) is 1. The standard InChI is InChI=1S/C26H24N4O4S/c1-34-20-12-10-19(11-13-20)30-16-29-23-15-28-22(14-24(31)26(23)30)18-8-6-17(7-9-18)21-4-2-3-5-25(21)35(27,32)33/h2-13,16,22,28H,14-15H2,1H3,(H2,27,32,33). The maximum atomic E-state index is 13.3. The molecule has 0 radical (unpaired) electrons. The number of carbonyl (C=O) groups excluding carboxylic acids is 1. The third kappa shape index (κ3) is 4.49. The molecule has 0 amide bonds. The van der Waals surface area contributed by atoms with Crippen molar-refractivity contribution < 1.29 is 17.9 Å². The zero-order valence-corrected chi connectivity index (χ0v) is 19.8. The van der Waals surface area contributed by atoms with Crippen molar-refractivity contribution >= 4 is 15.8 Å². The molecule has 0 fully saturated rings. The highest BCUT2D eigenvalue weighted by molar-refractivity contribution is 7.89. The van der Waals surface area contributed by atoms with Crippen LogP contribution in [-0.2, 0) is 16.6 Å². The lowest BCUT2D eigenvalue weighted by molar-refractivity contribution is 0.0966. The van der Waals surface area contributed by atoms with Gasteiger partial charge >= 0.3 is 0 Å². The number of rotatable bonds is 5. The summed E-state index contributed by atoms with van der Waals surface area (Å²) < 4.78 is 31.0. The maximum absolute atomic E-state index is 13.3. The van der Waals surface area contributed by atoms with Gasteiger partial charge in [0.2, 0.25) is 10.0 Å². The van der Waals surface area contributed by atoms with Gasteiger partial charge in [0.05, 0.1) is 17.7 Å². The number of carbonyl (C=O) groups is 1. The van der Waals surface area contributed by atoms with Crippen molar-refractivity contribution in [2.45, 2.75) is 23.9 Å². The van der Waals surface area contributed by atoms with Crippen molar-refractivity contribution in [3.63, 3.8) is 0 Å². The van der Waals surface area contributed by atoms with Gasteiger partial charge in [-0.1, -0.05) is 42.5 Å². The highest BCUT2D eigenvalue weighted by atomic mass is 32.2. The van der Waals surface area contributed by atoms with E-state index >= 15 is 0 Å². The molecule has 178 valence electrons. The van der Waals surface area contributed by atoms with Crippen LogP contribution in [0.5, 0.6) is 5.75 Å². The van der Waals surface area contributed by atoms with Gasteiger partial charge in [0.25, 0.3) is 0 Å². The summed E-state index contributed by atoms with van der Waals surface area (Å²) >= 11 is 0. The summed E-state index contributed by atoms with van der Waals surface area (Å²) in [5, 5.41) is 8.82. The van der Waals surface area contributed by atoms with Crippen LogP contribution in [0.1, 0.15) is 34.2 Å². The molecule has 0 saturated heterocycles. The van der Waals surface area contributed by atoms with Gasteiger partial charge in [-0.2, -0.15) is 0 Å². The smallest absolute Gasteiger partial charge is 0.238 e. The molecule has 1 aromatic heterocycles. The van der Waals surface area contributed by atoms with Gasteiger partial charge in [-0.05, 0) is 41.5 Å². The highest BCUT2D eigenvalue weighted by Crippen LogP contribution is 2.30. The average Bonchev–Trinajstić information content (AvgIpc) is 3.23. The van der Waals surface area contributed by atoms with Gasteiger partial charge in [0, 0.05) is 30.3 Å². The number of primary sulfonamides is 1. The number of sulfonamides is 1. The van der Waals surface area contributed by atoms with Crippen LogP contribution >= 0.6 is 0 Å². The Kier molecular flexibility index (Phi) is 5.98. The van der Waals surface area contributed by atoms with Gasteiger partial charge in [0.1, 0.15) is 17.8 Å². The second kappa shape index (κ2) is 9.10. The Labute approximate surface area is 203 Å². The topological polar surface area (TPSA) is 116 Å². The number of nitrogens with two attached hydrogens (primary N) is 1. The number of imidazole rings is 1. The number of nitrogens with one attached hydrogen (secondary N) is 1. The third-order valence-corrected chi connectivity index (χ3v) is 7.15. The fourth-order valence-electron chi connectivity index (χ4n) is 4.41. The van der Waals surface area contributed by atoms with Crippen LogP contribution < -0.4 is 15.2 Å². The van der Waals surface area contributed by atoms with Gasteiger partial charge in [-0.3, -0.25) is 9.36 Å². The van der Waals surface area contributed by atoms with Crippen molar-refractivity contribution in [2.24, 2.45) is 5.14 Å². The summed E-state index contributed by atoms with van der Waals surface area (Å²) in [4.78, 5) is 17.9. The van der Waals surface area contributed by atoms with Crippen LogP contribution in [0.2, 0.25) is 0 Å². The summed E-state index contributed by atoms with van der Waals surface area (Å²) in [6.07, 6.45) is 1.94. The predicted molar refractivity (Wildman–Crippen MR) is 132 cm³/mol. The minimum absolute atomic E-state index is 0.00744. The molecule has 1 aliphatic rings. The Balaban J connectivity index is 1.40. The summed E-state index contributed by atoms with van der Waals surface area (Å²) in [7, 11) is -2.24. The Morgan fingerprint density at radius 3 is 2.43 bits per heavy atom. The van der Waals surface area contributed by atoms with E-state index in [2.05, 4.69) is 10.3 Å². The van der Waals surface area contributed by atoms with Crippen molar-refractivity contribution in [1.29, 1.82) is 0 Å². The first-order valence-corrected chi connectivity index (χ1v) is 12.6. The number of hydrogen-bond donors (Lipinski definition) is 2. The van der Waals surface area contributed by atoms with E-state index in [1.54, 1.807) is 31.6 Å². The second-order valence-corrected chi connectivity index (χ2v) is 9.86. The third-order valence-electron chi connectivity index (χ3n) is 6.18. The number of fused-ring (bicyclic) bond motifs is 1. The number of ether oxygens (including phenoxy) is 1. The van der Waals surface area contributed by atoms with E-state index in [4.69, 9.17) is 9.88 Å². The minimum Gasteiger partial charge on any atom is -0.497 e. The quantitative estimate of drug-likeness (QED) is 0.443. The Hall–Kier alpha value is -3.79. The van der Waals surface area contributed by atoms with Gasteiger partial charge in [-0.15, -0.1) is 0 Å². The second-order valence-electron chi connectivity index (χ2n) is 8.33. The number of methoxy groups -OCH3 is 1. The zero-order valence-electron chi connectivity index (χ0n) is 19.0. The molecule has 1 aliphatic heterocycles. The minimum atomic E-state index is -3.85. The number of hydrogen-bond acceptors (Lipinski definition) is 6. The molecule has 3 aromatic carbocycles. The molecule has 0 bridgehead atoms. The Bertz CT molecular complexity index is 1490. The molecule has 0 aliphatic carbocycles. The van der Waals surface area contributed by atoms with Crippen molar-refractivity contribution in [3.8, 4) is 22.6 Å². The van der Waals surface area contributed by atoms with E-state index in [1.165, 1.54) is 6.07 Å². The normalized spacial score (nSPS) is 15.9. The number of aromatic nitrogens is 2. The fraction of sp³-hybridized carbons (Fsp3) is 0.154. The van der Waals surface area contributed by atoms with E-state index in [0.717, 1.165) is 22.6 Å². The number of ketones is 1. The summed E-state index contributed by atoms with van der Waals surface area (Å²) in [6, 6.07) is 21.4. The Morgan fingerprint density at radius 1 is 1.03 bits per heavy atom. The van der Waals surface area contributed by atoms with E-state index in [9.17, 15) is 13.2 Å². The molecule has 5 rings (SSSR count). The SMILES string of the molecule is COc1ccc(-n2cnc3c2C(=O)CC(c2ccc(-c4ccccc4S(N)(=O)=O)cc2)NC3)cc1. The molecule has 1 unspecified atom stereocenters. The van der Waals surface area contributed by atoms with E-state index in [0.29, 0.717) is 23.5 Å². The molecule has 2 heterocycles. The van der Waals surface area contributed by atoms with Crippen LogP contribution in [-0.4, -0.2) is 30.9 Å². The number of nitrogens with zero attached hydrogens (tertiary/aromatic N) is 2. The van der Waals surface area contributed by atoms with Crippen LogP contribution in [0, 0.1) is 0 Å². The molecule has 8 nitrogen and oxygen atoms in total. The molecule has 4 aromatic rings. The van der Waals surface area contributed by atoms with Crippen LogP contribution in [0.25, 0.3) is 16.8 Å². The lowest BCUT2D eigenvalue weighted by Gasteiger charge is -2.17. The van der Waals surface area contributed by atoms with E-state index in [1.807, 2.05) is 53.1 Å². The zero-order chi connectivity index (χ0) is 24.6. The van der Waals surface area contributed by atoms with Gasteiger partial charge in [0.15, 0.2) is 5.78 Å². The molecule has 0 saturated carbocycles. The lowest BCUT2D eigenvalue weighted by atomic mass is 9.97. The summed E-state index contributed by atoms with van der Waals surface area (Å²) in [6.45, 7) is 0.449. The van der Waals surface area contributed by atoms with E-state index < -0.39 is 10.0 Å². The van der Waals surface area contributed by atoms with Crippen LogP contribution in [0.3, 0.4) is 0 Å². The molecular formula is C26H24N4O4S. The monoisotopic (exact) mass is 488 g/mol. The fourth-order valence-corrected chi connectivity index (χ4v) is 5.17. The first-order chi connectivity index (χ1) is 16.8. The molecule has 1 atom stereocenters. The Morgan fingerprint density at radius 2 is 1.74 bits per heavy atom.